The van der Waals surface area contributed by atoms with Crippen LogP contribution in [0.3, 0.4) is 0 Å². The lowest BCUT2D eigenvalue weighted by Gasteiger charge is -2.56. The van der Waals surface area contributed by atoms with Crippen molar-refractivity contribution in [3.05, 3.63) is 229 Å². The van der Waals surface area contributed by atoms with E-state index < -0.39 is 5.82 Å². The number of benzene rings is 1. The number of carbonyl (C=O) groups excluding carboxylic acids is 2. The van der Waals surface area contributed by atoms with Crippen molar-refractivity contribution in [2.75, 3.05) is 98.5 Å². The highest BCUT2D eigenvalue weighted by Crippen LogP contribution is 2.42. The summed E-state index contributed by atoms with van der Waals surface area (Å²) in [5.41, 5.74) is 35.0. The van der Waals surface area contributed by atoms with Crippen molar-refractivity contribution >= 4 is 63.3 Å². The quantitative estimate of drug-likeness (QED) is 0.0858. The van der Waals surface area contributed by atoms with E-state index in [-0.39, 0.29) is 64.6 Å². The SMILES string of the molecule is COc1ccc(C(=O)N2C3CC2CN(c2ccc(-c4cc(-c5cnn(C)c5)cn5nc(N)c(C#N)c45)cn2)C3)cc1F.COc1ccc(C(=O)N2C3CC2CN(c2ccc(-c4cc(-c5cnn(C)c5)cn5nc(N)c(C#N)c45)cn2)C3)cn1.Cn1cc(-c2cc(-c3ccc(N4CCN(Cc5ccc(C(C)(C)C)nc5)CC4)nc3)c3c(C#N)c(N)nn3c2)cn1. The van der Waals surface area contributed by atoms with Gasteiger partial charge >= 0.3 is 0 Å². The van der Waals surface area contributed by atoms with E-state index in [4.69, 9.17) is 41.6 Å². The largest absolute Gasteiger partial charge is 0.494 e. The molecule has 0 spiro atoms. The highest BCUT2D eigenvalue weighted by molar-refractivity contribution is 5.97. The smallest absolute Gasteiger partial charge is 0.256 e. The average molecular weight is 1660 g/mol. The van der Waals surface area contributed by atoms with Crippen molar-refractivity contribution in [1.29, 1.82) is 15.8 Å². The van der Waals surface area contributed by atoms with Crippen molar-refractivity contribution < 1.29 is 23.5 Å². The topological polar surface area (TPSA) is 391 Å². The molecule has 0 aliphatic carbocycles. The summed E-state index contributed by atoms with van der Waals surface area (Å²) in [7, 11) is 8.54. The molecule has 7 saturated heterocycles. The molecule has 33 nitrogen and oxygen atoms in total. The number of piperazine rings is 3. The number of aromatic nitrogens is 17. The number of pyridine rings is 8. The maximum absolute atomic E-state index is 14.2. The number of nitriles is 3. The number of methoxy groups -OCH3 is 2. The zero-order chi connectivity index (χ0) is 86.1. The summed E-state index contributed by atoms with van der Waals surface area (Å²) >= 11 is 0. The molecule has 21 heterocycles. The third kappa shape index (κ3) is 15.0. The van der Waals surface area contributed by atoms with Crippen LogP contribution in [-0.2, 0) is 33.1 Å². The summed E-state index contributed by atoms with van der Waals surface area (Å²) in [6.07, 6.45) is 27.6. The van der Waals surface area contributed by atoms with Crippen LogP contribution in [0.5, 0.6) is 11.6 Å². The Morgan fingerprint density at radius 3 is 1.21 bits per heavy atom. The first kappa shape index (κ1) is 79.5. The molecule has 0 radical (unpaired) electrons. The van der Waals surface area contributed by atoms with Gasteiger partial charge < -0.3 is 51.2 Å². The molecule has 34 heteroatoms. The molecule has 124 heavy (non-hydrogen) atoms. The first-order valence-corrected chi connectivity index (χ1v) is 40.4. The Balaban J connectivity index is 0.000000127. The van der Waals surface area contributed by atoms with Crippen LogP contribution in [0.4, 0.5) is 39.3 Å². The Hall–Kier alpha value is -15.6. The number of nitrogens with two attached hydrogens (primary N) is 3. The van der Waals surface area contributed by atoms with Crippen LogP contribution in [0.1, 0.15) is 82.3 Å². The fourth-order valence-electron chi connectivity index (χ4n) is 17.3. The minimum Gasteiger partial charge on any atom is -0.494 e. The minimum absolute atomic E-state index is 0.00440. The molecule has 7 aliphatic heterocycles. The Morgan fingerprint density at radius 2 is 0.871 bits per heavy atom. The lowest BCUT2D eigenvalue weighted by atomic mass is 9.86. The van der Waals surface area contributed by atoms with Gasteiger partial charge in [0.2, 0.25) is 5.88 Å². The monoisotopic (exact) mass is 1660 g/mol. The number of aryl methyl sites for hydroxylation is 3. The number of nitrogen functional groups attached to an aromatic ring is 3. The van der Waals surface area contributed by atoms with Crippen molar-refractivity contribution in [3.63, 3.8) is 0 Å². The number of nitrogens with zero attached hydrogens (tertiary/aromatic N) is 26. The van der Waals surface area contributed by atoms with Gasteiger partial charge in [0, 0.05) is 238 Å². The predicted molar refractivity (Wildman–Crippen MR) is 465 cm³/mol. The number of hydrogen-bond acceptors (Lipinski definition) is 25. The molecule has 15 aromatic rings. The molecule has 22 rings (SSSR count). The van der Waals surface area contributed by atoms with Gasteiger partial charge in [0.1, 0.15) is 52.4 Å². The molecule has 2 amide bonds. The number of piperidine rings is 2. The van der Waals surface area contributed by atoms with Gasteiger partial charge in [-0.25, -0.2) is 37.9 Å². The van der Waals surface area contributed by atoms with E-state index >= 15 is 0 Å². The standard InChI is InChI=1S/C31H34N10.C30H26FN9O2.C29H26N10O2/c1-31(2,3)27-7-5-21(15-34-27)18-39-9-11-40(12-10-39)28-8-6-22(16-35-28)25-13-23(24-17-36-38(4)19-24)20-41-29(25)26(14-32)30(33)37-41;1-37-13-20(12-35-37)19-7-23(28-24(10-32)29(33)36-39(28)14-19)18-4-6-27(34-11-18)38-15-21-9-22(16-38)40(21)30(41)17-3-5-26(42-2)25(31)8-17;1-36-13-20(12-34-36)19-7-23(27-24(9-30)28(31)35-38(27)14-19)17-3-5-25(32-10-17)37-15-21-8-22(16-37)39(21)29(40)18-4-6-26(41-2)33-11-18/h5-8,13,15-17,19-20H,9-12,18H2,1-4H3,(H2,33,37);3-8,11-14,21-22H,9,15-16H2,1-2H3,(H2,33,36);3-7,10-14,21-22H,8,15-16H2,1-2H3,(H2,31,35). The third-order valence-electron chi connectivity index (χ3n) is 23.7. The Kier molecular flexibility index (Phi) is 20.6. The van der Waals surface area contributed by atoms with Gasteiger partial charge in [-0.3, -0.25) is 33.5 Å². The van der Waals surface area contributed by atoms with E-state index in [1.165, 1.54) is 24.8 Å². The molecule has 6 N–H and O–H groups in total. The molecule has 0 saturated carbocycles. The molecule has 7 aliphatic rings. The van der Waals surface area contributed by atoms with Gasteiger partial charge in [0.25, 0.3) is 11.8 Å². The number of rotatable bonds is 15. The van der Waals surface area contributed by atoms with Crippen LogP contribution in [0.15, 0.2) is 184 Å². The number of anilines is 6. The first-order chi connectivity index (χ1) is 60.0. The van der Waals surface area contributed by atoms with Gasteiger partial charge in [-0.2, -0.15) is 31.1 Å². The molecule has 4 atom stereocenters. The number of carbonyl (C=O) groups is 2. The fraction of sp³-hybridized carbons (Fsp3) is 0.267. The van der Waals surface area contributed by atoms with Gasteiger partial charge in [-0.05, 0) is 103 Å². The molecule has 14 aromatic heterocycles. The Morgan fingerprint density at radius 1 is 0.452 bits per heavy atom. The second-order valence-corrected chi connectivity index (χ2v) is 32.7. The number of halogens is 1. The molecular formula is C90H86FN29O4. The highest BCUT2D eigenvalue weighted by atomic mass is 19.1. The number of amides is 2. The van der Waals surface area contributed by atoms with Crippen molar-refractivity contribution in [2.45, 2.75) is 69.7 Å². The van der Waals surface area contributed by atoms with E-state index in [1.807, 2.05) is 129 Å². The Bertz CT molecular complexity index is 6730. The number of ether oxygens (including phenoxy) is 2. The van der Waals surface area contributed by atoms with Crippen LogP contribution in [0, 0.1) is 39.8 Å². The van der Waals surface area contributed by atoms with E-state index in [0.717, 1.165) is 135 Å². The van der Waals surface area contributed by atoms with Crippen LogP contribution in [0.25, 0.3) is 83.3 Å². The molecule has 4 bridgehead atoms. The Labute approximate surface area is 711 Å². The maximum atomic E-state index is 14.2. The third-order valence-corrected chi connectivity index (χ3v) is 23.7. The van der Waals surface area contributed by atoms with Gasteiger partial charge in [0.15, 0.2) is 29.0 Å². The van der Waals surface area contributed by atoms with E-state index in [0.29, 0.717) is 76.4 Å². The molecule has 622 valence electrons. The lowest BCUT2D eigenvalue weighted by molar-refractivity contribution is 0.00514. The lowest BCUT2D eigenvalue weighted by Crippen LogP contribution is -2.70. The first-order valence-electron chi connectivity index (χ1n) is 40.4. The molecule has 7 fully saturated rings. The van der Waals surface area contributed by atoms with Crippen molar-refractivity contribution in [2.24, 2.45) is 21.1 Å². The summed E-state index contributed by atoms with van der Waals surface area (Å²) in [5, 5.41) is 55.5. The maximum Gasteiger partial charge on any atom is 0.256 e. The second kappa shape index (κ2) is 32.2. The normalized spacial score (nSPS) is 16.6. The number of hydrogen-bond donors (Lipinski definition) is 3. The summed E-state index contributed by atoms with van der Waals surface area (Å²) in [5.74, 6) is 2.99. The molecular weight excluding hydrogens is 1570 g/mol. The summed E-state index contributed by atoms with van der Waals surface area (Å²) < 4.78 is 34.5. The summed E-state index contributed by atoms with van der Waals surface area (Å²) in [6.45, 7) is 13.8. The van der Waals surface area contributed by atoms with Gasteiger partial charge in [-0.1, -0.05) is 26.8 Å². The minimum atomic E-state index is -0.552. The highest BCUT2D eigenvalue weighted by Gasteiger charge is 2.49. The molecule has 4 unspecified atom stereocenters. The zero-order valence-corrected chi connectivity index (χ0v) is 69.3. The van der Waals surface area contributed by atoms with Crippen molar-refractivity contribution in [3.8, 4) is 96.6 Å². The van der Waals surface area contributed by atoms with Gasteiger partial charge in [0.05, 0.1) is 79.1 Å². The van der Waals surface area contributed by atoms with E-state index in [9.17, 15) is 29.8 Å². The second-order valence-electron chi connectivity index (χ2n) is 32.7. The zero-order valence-electron chi connectivity index (χ0n) is 69.3. The van der Waals surface area contributed by atoms with E-state index in [1.54, 1.807) is 83.9 Å². The van der Waals surface area contributed by atoms with Crippen molar-refractivity contribution in [1.82, 2.24) is 97.8 Å². The van der Waals surface area contributed by atoms with Crippen LogP contribution in [-0.4, -0.2) is 200 Å². The number of fused-ring (bicyclic) bond motifs is 7. The van der Waals surface area contributed by atoms with Crippen LogP contribution < -0.4 is 41.4 Å². The van der Waals surface area contributed by atoms with E-state index in [2.05, 4.69) is 123 Å². The fourth-order valence-corrected chi connectivity index (χ4v) is 17.3. The van der Waals surface area contributed by atoms with Crippen LogP contribution in [0.2, 0.25) is 0 Å². The van der Waals surface area contributed by atoms with Crippen LogP contribution >= 0.6 is 0 Å². The molecule has 1 aromatic carbocycles. The average Bonchev–Trinajstić information content (AvgIpc) is 1.18. The summed E-state index contributed by atoms with van der Waals surface area (Å²) in [6, 6.07) is 37.1. The predicted octanol–water partition coefficient (Wildman–Crippen LogP) is 10.5. The summed E-state index contributed by atoms with van der Waals surface area (Å²) in [4.78, 5) is 62.6. The van der Waals surface area contributed by atoms with Gasteiger partial charge in [-0.15, -0.1) is 15.3 Å².